The lowest BCUT2D eigenvalue weighted by molar-refractivity contribution is 0.153. The van der Waals surface area contributed by atoms with Gasteiger partial charge in [0, 0.05) is 17.6 Å². The third kappa shape index (κ3) is 5.07. The molecule has 0 aromatic heterocycles. The number of hydrogen-bond acceptors (Lipinski definition) is 3. The predicted molar refractivity (Wildman–Crippen MR) is 74.9 cm³/mol. The van der Waals surface area contributed by atoms with Crippen LogP contribution in [0, 0.1) is 0 Å². The van der Waals surface area contributed by atoms with Crippen LogP contribution in [-0.4, -0.2) is 23.3 Å². The van der Waals surface area contributed by atoms with Gasteiger partial charge in [-0.1, -0.05) is 18.2 Å². The number of aliphatic hydroxyl groups excluding tert-OH is 1. The molecule has 3 heteroatoms. The van der Waals surface area contributed by atoms with Gasteiger partial charge in [-0.2, -0.15) is 0 Å². The molecule has 1 rings (SSSR count). The summed E-state index contributed by atoms with van der Waals surface area (Å²) >= 11 is 0. The number of rotatable bonds is 5. The van der Waals surface area contributed by atoms with Crippen LogP contribution in [0.15, 0.2) is 24.3 Å². The minimum atomic E-state index is -0.556. The second-order valence-electron chi connectivity index (χ2n) is 5.85. The van der Waals surface area contributed by atoms with Crippen LogP contribution in [0.5, 0.6) is 5.75 Å². The number of aliphatic hydroxyl groups is 1. The lowest BCUT2D eigenvalue weighted by Crippen LogP contribution is -2.38. The lowest BCUT2D eigenvalue weighted by atomic mass is 10.1. The molecule has 18 heavy (non-hydrogen) atoms. The standard InChI is InChI=1S/C15H25NO2/c1-11(2)18-14-9-7-6-8-12(14)13(17)10-16-15(3,4)5/h6-9,11,13,16-17H,10H2,1-5H3. The Hall–Kier alpha value is -1.06. The molecule has 102 valence electrons. The molecular weight excluding hydrogens is 226 g/mol. The van der Waals surface area contributed by atoms with Gasteiger partial charge in [0.2, 0.25) is 0 Å². The van der Waals surface area contributed by atoms with Crippen molar-refractivity contribution in [3.63, 3.8) is 0 Å². The SMILES string of the molecule is CC(C)Oc1ccccc1C(O)CNC(C)(C)C. The van der Waals surface area contributed by atoms with Crippen molar-refractivity contribution in [2.45, 2.75) is 52.4 Å². The molecule has 3 nitrogen and oxygen atoms in total. The quantitative estimate of drug-likeness (QED) is 0.845. The third-order valence-electron chi connectivity index (χ3n) is 2.47. The number of hydrogen-bond donors (Lipinski definition) is 2. The fourth-order valence-electron chi connectivity index (χ4n) is 1.63. The van der Waals surface area contributed by atoms with Gasteiger partial charge < -0.3 is 15.2 Å². The summed E-state index contributed by atoms with van der Waals surface area (Å²) in [7, 11) is 0. The van der Waals surface area contributed by atoms with E-state index in [1.54, 1.807) is 0 Å². The van der Waals surface area contributed by atoms with E-state index in [4.69, 9.17) is 4.74 Å². The summed E-state index contributed by atoms with van der Waals surface area (Å²) in [6.45, 7) is 10.7. The summed E-state index contributed by atoms with van der Waals surface area (Å²) in [5.74, 6) is 0.760. The highest BCUT2D eigenvalue weighted by atomic mass is 16.5. The Bertz CT molecular complexity index is 369. The highest BCUT2D eigenvalue weighted by molar-refractivity contribution is 5.35. The number of nitrogens with one attached hydrogen (secondary N) is 1. The normalized spacial score (nSPS) is 13.7. The highest BCUT2D eigenvalue weighted by Gasteiger charge is 2.17. The Kier molecular flexibility index (Phi) is 5.17. The monoisotopic (exact) mass is 251 g/mol. The number of β-amino-alcohol motifs (C(OH)–C–C–N with tert-alkyl or cyclic N) is 1. The van der Waals surface area contributed by atoms with Crippen molar-refractivity contribution in [3.05, 3.63) is 29.8 Å². The molecule has 0 spiro atoms. The highest BCUT2D eigenvalue weighted by Crippen LogP contribution is 2.25. The topological polar surface area (TPSA) is 41.5 Å². The molecule has 0 saturated carbocycles. The van der Waals surface area contributed by atoms with Crippen molar-refractivity contribution in [1.82, 2.24) is 5.32 Å². The van der Waals surface area contributed by atoms with Crippen molar-refractivity contribution < 1.29 is 9.84 Å². The number of ether oxygens (including phenoxy) is 1. The minimum Gasteiger partial charge on any atom is -0.491 e. The molecule has 1 unspecified atom stereocenters. The van der Waals surface area contributed by atoms with Crippen molar-refractivity contribution in [2.75, 3.05) is 6.54 Å². The van der Waals surface area contributed by atoms with Crippen LogP contribution < -0.4 is 10.1 Å². The Balaban J connectivity index is 2.75. The van der Waals surface area contributed by atoms with Gasteiger partial charge in [0.1, 0.15) is 5.75 Å². The Labute approximate surface area is 110 Å². The molecule has 0 amide bonds. The molecule has 0 heterocycles. The smallest absolute Gasteiger partial charge is 0.125 e. The van der Waals surface area contributed by atoms with Crippen LogP contribution >= 0.6 is 0 Å². The summed E-state index contributed by atoms with van der Waals surface area (Å²) in [4.78, 5) is 0. The van der Waals surface area contributed by atoms with Crippen LogP contribution in [-0.2, 0) is 0 Å². The zero-order valence-electron chi connectivity index (χ0n) is 12.0. The first kappa shape index (κ1) is 15.0. The zero-order valence-corrected chi connectivity index (χ0v) is 12.0. The first-order valence-corrected chi connectivity index (χ1v) is 6.48. The van der Waals surface area contributed by atoms with Crippen LogP contribution in [0.4, 0.5) is 0 Å². The summed E-state index contributed by atoms with van der Waals surface area (Å²) in [6, 6.07) is 7.65. The van der Waals surface area contributed by atoms with E-state index < -0.39 is 6.10 Å². The minimum absolute atomic E-state index is 0.00513. The van der Waals surface area contributed by atoms with E-state index in [1.165, 1.54) is 0 Å². The van der Waals surface area contributed by atoms with Gasteiger partial charge >= 0.3 is 0 Å². The Morgan fingerprint density at radius 1 is 1.22 bits per heavy atom. The van der Waals surface area contributed by atoms with Crippen LogP contribution in [0.1, 0.15) is 46.3 Å². The van der Waals surface area contributed by atoms with E-state index in [-0.39, 0.29) is 11.6 Å². The van der Waals surface area contributed by atoms with Gasteiger partial charge in [0.15, 0.2) is 0 Å². The van der Waals surface area contributed by atoms with Crippen molar-refractivity contribution >= 4 is 0 Å². The van der Waals surface area contributed by atoms with Gasteiger partial charge in [-0.15, -0.1) is 0 Å². The summed E-state index contributed by atoms with van der Waals surface area (Å²) in [5, 5.41) is 13.5. The predicted octanol–water partition coefficient (Wildman–Crippen LogP) is 2.90. The molecule has 0 aliphatic rings. The van der Waals surface area contributed by atoms with Gasteiger partial charge in [-0.05, 0) is 40.7 Å². The maximum absolute atomic E-state index is 10.2. The van der Waals surface area contributed by atoms with Gasteiger partial charge in [-0.25, -0.2) is 0 Å². The average molecular weight is 251 g/mol. The summed E-state index contributed by atoms with van der Waals surface area (Å²) < 4.78 is 5.71. The van der Waals surface area contributed by atoms with Gasteiger partial charge in [-0.3, -0.25) is 0 Å². The van der Waals surface area contributed by atoms with E-state index in [0.717, 1.165) is 11.3 Å². The summed E-state index contributed by atoms with van der Waals surface area (Å²) in [6.07, 6.45) is -0.451. The zero-order chi connectivity index (χ0) is 13.8. The molecule has 0 aliphatic carbocycles. The number of benzene rings is 1. The van der Waals surface area contributed by atoms with E-state index in [2.05, 4.69) is 26.1 Å². The largest absolute Gasteiger partial charge is 0.491 e. The maximum Gasteiger partial charge on any atom is 0.125 e. The Morgan fingerprint density at radius 3 is 2.39 bits per heavy atom. The second kappa shape index (κ2) is 6.21. The van der Waals surface area contributed by atoms with Crippen LogP contribution in [0.3, 0.4) is 0 Å². The van der Waals surface area contributed by atoms with Crippen LogP contribution in [0.2, 0.25) is 0 Å². The molecule has 2 N–H and O–H groups in total. The molecule has 0 saturated heterocycles. The first-order chi connectivity index (χ1) is 8.29. The van der Waals surface area contributed by atoms with E-state index in [1.807, 2.05) is 38.1 Å². The third-order valence-corrected chi connectivity index (χ3v) is 2.47. The molecule has 0 fully saturated rings. The first-order valence-electron chi connectivity index (χ1n) is 6.48. The molecular formula is C15H25NO2. The molecule has 0 aliphatic heterocycles. The molecule has 1 atom stereocenters. The fraction of sp³-hybridized carbons (Fsp3) is 0.600. The van der Waals surface area contributed by atoms with Crippen LogP contribution in [0.25, 0.3) is 0 Å². The maximum atomic E-state index is 10.2. The lowest BCUT2D eigenvalue weighted by Gasteiger charge is -2.24. The van der Waals surface area contributed by atoms with Gasteiger partial charge in [0.25, 0.3) is 0 Å². The molecule has 0 bridgehead atoms. The molecule has 1 aromatic rings. The van der Waals surface area contributed by atoms with E-state index >= 15 is 0 Å². The molecule has 1 aromatic carbocycles. The fourth-order valence-corrected chi connectivity index (χ4v) is 1.63. The van der Waals surface area contributed by atoms with Crippen molar-refractivity contribution in [3.8, 4) is 5.75 Å². The van der Waals surface area contributed by atoms with E-state index in [9.17, 15) is 5.11 Å². The van der Waals surface area contributed by atoms with E-state index in [0.29, 0.717) is 6.54 Å². The average Bonchev–Trinajstić information content (AvgIpc) is 2.25. The molecule has 0 radical (unpaired) electrons. The number of para-hydroxylation sites is 1. The Morgan fingerprint density at radius 2 is 1.83 bits per heavy atom. The second-order valence-corrected chi connectivity index (χ2v) is 5.85. The van der Waals surface area contributed by atoms with Crippen molar-refractivity contribution in [1.29, 1.82) is 0 Å². The van der Waals surface area contributed by atoms with Gasteiger partial charge in [0.05, 0.1) is 12.2 Å². The summed E-state index contributed by atoms with van der Waals surface area (Å²) in [5.41, 5.74) is 0.831. The van der Waals surface area contributed by atoms with Crippen molar-refractivity contribution in [2.24, 2.45) is 0 Å².